The Morgan fingerprint density at radius 2 is 1.57 bits per heavy atom. The second kappa shape index (κ2) is 11.6. The molecule has 0 radical (unpaired) electrons. The smallest absolute Gasteiger partial charge is 0.397 e. The van der Waals surface area contributed by atoms with Crippen LogP contribution >= 0.6 is 0 Å². The molecule has 0 bridgehead atoms. The van der Waals surface area contributed by atoms with Crippen LogP contribution in [0, 0.1) is 12.0 Å². The highest BCUT2D eigenvalue weighted by molar-refractivity contribution is 7.91. The van der Waals surface area contributed by atoms with Gasteiger partial charge in [-0.3, -0.25) is 9.11 Å². The molecule has 3 aromatic carbocycles. The van der Waals surface area contributed by atoms with Crippen LogP contribution in [0.25, 0.3) is 10.8 Å². The van der Waals surface area contributed by atoms with Crippen molar-refractivity contribution in [2.45, 2.75) is 9.79 Å². The lowest BCUT2D eigenvalue weighted by molar-refractivity contribution is 0.284. The Kier molecular flexibility index (Phi) is 8.48. The predicted octanol–water partition coefficient (Wildman–Crippen LogP) is 3.61. The Bertz CT molecular complexity index is 2020. The van der Waals surface area contributed by atoms with Gasteiger partial charge in [-0.25, -0.2) is 12.6 Å². The number of rotatable bonds is 10. The second-order valence-corrected chi connectivity index (χ2v) is 12.8. The Labute approximate surface area is 236 Å². The third kappa shape index (κ3) is 7.54. The minimum absolute atomic E-state index is 0.00935. The maximum absolute atomic E-state index is 13.4. The fraction of sp³-hybridized carbons (Fsp3) is 0.0909. The Balaban J connectivity index is 1.67. The van der Waals surface area contributed by atoms with Crippen LogP contribution in [0.15, 0.2) is 74.6 Å². The number of fused-ring (bicyclic) bond motifs is 1. The van der Waals surface area contributed by atoms with Gasteiger partial charge in [0.15, 0.2) is 15.6 Å². The van der Waals surface area contributed by atoms with Gasteiger partial charge in [0.1, 0.15) is 16.4 Å². The standard InChI is InChI=1S/C22H17F2N5O10S3/c23-18-11-19(27-22(24)26-18)25-14-2-1-12-9-17(41(33,34)35)20(21(30)16(12)10-14)29-28-13-3-5-15(6-4-13)40(31,32)8-7-39-42(36,37)38/h1-6,9-11,30H,7-8H2,(H,25,26,27)(H,33,34,35)(H,36,37,38)/b29-28+. The number of aromatic nitrogens is 2. The molecule has 20 heteroatoms. The van der Waals surface area contributed by atoms with E-state index < -0.39 is 71.1 Å². The first kappa shape index (κ1) is 30.7. The molecule has 222 valence electrons. The summed E-state index contributed by atoms with van der Waals surface area (Å²) in [5.74, 6) is -2.94. The van der Waals surface area contributed by atoms with Gasteiger partial charge in [0.25, 0.3) is 10.1 Å². The van der Waals surface area contributed by atoms with Crippen LogP contribution in [-0.2, 0) is 34.5 Å². The van der Waals surface area contributed by atoms with Crippen LogP contribution in [0.4, 0.5) is 31.7 Å². The number of aromatic hydroxyl groups is 1. The SMILES string of the molecule is O=S(=O)(O)OCCS(=O)(=O)c1ccc(/N=N/c2c(S(=O)(=O)O)cc3ccc(Nc4cc(F)nc(F)n4)cc3c2O)cc1. The van der Waals surface area contributed by atoms with E-state index in [1.807, 2.05) is 0 Å². The molecule has 0 saturated carbocycles. The van der Waals surface area contributed by atoms with E-state index in [1.54, 1.807) is 0 Å². The van der Waals surface area contributed by atoms with E-state index >= 15 is 0 Å². The first-order valence-electron chi connectivity index (χ1n) is 11.1. The zero-order valence-electron chi connectivity index (χ0n) is 20.6. The summed E-state index contributed by atoms with van der Waals surface area (Å²) in [6.45, 7) is -0.841. The van der Waals surface area contributed by atoms with E-state index in [9.17, 15) is 43.7 Å². The summed E-state index contributed by atoms with van der Waals surface area (Å²) in [4.78, 5) is 5.19. The van der Waals surface area contributed by atoms with E-state index in [4.69, 9.17) is 4.55 Å². The monoisotopic (exact) mass is 645 g/mol. The molecule has 1 aromatic heterocycles. The summed E-state index contributed by atoms with van der Waals surface area (Å²) in [6.07, 6.45) is -1.33. The molecule has 4 rings (SSSR count). The molecule has 0 aliphatic rings. The summed E-state index contributed by atoms with van der Waals surface area (Å²) in [5, 5.41) is 21.1. The van der Waals surface area contributed by atoms with Gasteiger partial charge in [0, 0.05) is 17.1 Å². The Morgan fingerprint density at radius 3 is 2.19 bits per heavy atom. The topological polar surface area (TPSA) is 235 Å². The lowest BCUT2D eigenvalue weighted by Crippen LogP contribution is -2.15. The fourth-order valence-corrected chi connectivity index (χ4v) is 5.66. The van der Waals surface area contributed by atoms with E-state index in [1.165, 1.54) is 18.2 Å². The van der Waals surface area contributed by atoms with Crippen molar-refractivity contribution in [3.05, 3.63) is 66.6 Å². The van der Waals surface area contributed by atoms with Crippen molar-refractivity contribution >= 4 is 64.0 Å². The lowest BCUT2D eigenvalue weighted by Gasteiger charge is -2.11. The maximum Gasteiger partial charge on any atom is 0.397 e. The summed E-state index contributed by atoms with van der Waals surface area (Å²) < 4.78 is 119. The number of halogens is 2. The molecule has 1 heterocycles. The van der Waals surface area contributed by atoms with E-state index in [0.29, 0.717) is 0 Å². The highest BCUT2D eigenvalue weighted by Gasteiger charge is 2.23. The van der Waals surface area contributed by atoms with Crippen LogP contribution in [0.2, 0.25) is 0 Å². The number of phenolic OH excluding ortho intramolecular Hbond substituents is 1. The van der Waals surface area contributed by atoms with Crippen molar-refractivity contribution in [1.29, 1.82) is 0 Å². The van der Waals surface area contributed by atoms with Crippen molar-refractivity contribution < 1.29 is 52.4 Å². The minimum Gasteiger partial charge on any atom is -0.505 e. The van der Waals surface area contributed by atoms with Gasteiger partial charge in [-0.05, 0) is 47.9 Å². The molecule has 0 aliphatic carbocycles. The summed E-state index contributed by atoms with van der Waals surface area (Å²) in [7, 11) is -13.8. The molecule has 15 nitrogen and oxygen atoms in total. The lowest BCUT2D eigenvalue weighted by atomic mass is 10.1. The van der Waals surface area contributed by atoms with Gasteiger partial charge in [-0.15, -0.1) is 5.11 Å². The van der Waals surface area contributed by atoms with Crippen molar-refractivity contribution in [2.75, 3.05) is 17.7 Å². The van der Waals surface area contributed by atoms with E-state index in [-0.39, 0.29) is 32.9 Å². The molecular weight excluding hydrogens is 628 g/mol. The summed E-state index contributed by atoms with van der Waals surface area (Å²) in [5.41, 5.74) is -0.538. The first-order valence-corrected chi connectivity index (χ1v) is 15.6. The number of hydrogen-bond donors (Lipinski definition) is 4. The fourth-order valence-electron chi connectivity index (χ4n) is 3.51. The molecule has 0 aliphatic heterocycles. The predicted molar refractivity (Wildman–Crippen MR) is 141 cm³/mol. The van der Waals surface area contributed by atoms with Crippen LogP contribution in [0.5, 0.6) is 5.75 Å². The summed E-state index contributed by atoms with van der Waals surface area (Å²) >= 11 is 0. The molecule has 4 aromatic rings. The molecule has 0 saturated heterocycles. The van der Waals surface area contributed by atoms with Crippen molar-refractivity contribution in [3.63, 3.8) is 0 Å². The highest BCUT2D eigenvalue weighted by Crippen LogP contribution is 2.42. The molecule has 4 N–H and O–H groups in total. The minimum atomic E-state index is -4.95. The van der Waals surface area contributed by atoms with Gasteiger partial charge >= 0.3 is 16.5 Å². The van der Waals surface area contributed by atoms with E-state index in [2.05, 4.69) is 29.7 Å². The zero-order chi connectivity index (χ0) is 30.9. The molecular formula is C22H17F2N5O10S3. The van der Waals surface area contributed by atoms with Gasteiger partial charge in [0.2, 0.25) is 5.95 Å². The molecule has 42 heavy (non-hydrogen) atoms. The number of nitrogens with zero attached hydrogens (tertiary/aromatic N) is 4. The van der Waals surface area contributed by atoms with E-state index in [0.717, 1.165) is 36.4 Å². The zero-order valence-corrected chi connectivity index (χ0v) is 23.0. The number of hydrogen-bond acceptors (Lipinski definition) is 13. The molecule has 0 spiro atoms. The average molecular weight is 646 g/mol. The molecule has 0 unspecified atom stereocenters. The van der Waals surface area contributed by atoms with Gasteiger partial charge in [-0.1, -0.05) is 6.07 Å². The quantitative estimate of drug-likeness (QED) is 0.0836. The number of phenols is 1. The largest absolute Gasteiger partial charge is 0.505 e. The molecule has 0 fully saturated rings. The highest BCUT2D eigenvalue weighted by atomic mass is 32.3. The van der Waals surface area contributed by atoms with Crippen molar-refractivity contribution in [1.82, 2.24) is 9.97 Å². The number of benzene rings is 3. The number of azo groups is 1. The number of anilines is 2. The molecule has 0 atom stereocenters. The second-order valence-electron chi connectivity index (χ2n) is 8.22. The maximum atomic E-state index is 13.4. The average Bonchev–Trinajstić information content (AvgIpc) is 2.86. The van der Waals surface area contributed by atoms with Gasteiger partial charge < -0.3 is 10.4 Å². The number of nitrogens with one attached hydrogen (secondary N) is 1. The third-order valence-electron chi connectivity index (χ3n) is 5.32. The molecule has 0 amide bonds. The Hall–Kier alpha value is -4.21. The van der Waals surface area contributed by atoms with Gasteiger partial charge in [0.05, 0.1) is 22.9 Å². The van der Waals surface area contributed by atoms with Crippen LogP contribution in [0.1, 0.15) is 0 Å². The number of sulfone groups is 1. The first-order chi connectivity index (χ1) is 19.5. The normalized spacial score (nSPS) is 12.7. The van der Waals surface area contributed by atoms with Crippen LogP contribution in [0.3, 0.4) is 0 Å². The Morgan fingerprint density at radius 1 is 0.881 bits per heavy atom. The van der Waals surface area contributed by atoms with Crippen molar-refractivity contribution in [2.24, 2.45) is 10.2 Å². The van der Waals surface area contributed by atoms with Crippen molar-refractivity contribution in [3.8, 4) is 5.75 Å². The third-order valence-corrected chi connectivity index (χ3v) is 8.34. The van der Waals surface area contributed by atoms with Crippen LogP contribution < -0.4 is 5.32 Å². The summed E-state index contributed by atoms with van der Waals surface area (Å²) in [6, 6.07) is 10.3. The van der Waals surface area contributed by atoms with Gasteiger partial charge in [-0.2, -0.15) is 40.7 Å². The van der Waals surface area contributed by atoms with Crippen LogP contribution in [-0.4, -0.2) is 61.8 Å².